The molecule has 0 aliphatic carbocycles. The number of aryl methyl sites for hydroxylation is 2. The summed E-state index contributed by atoms with van der Waals surface area (Å²) in [5, 5.41) is 1.15. The van der Waals surface area contributed by atoms with Crippen LogP contribution in [0.15, 0.2) is 54.6 Å². The first kappa shape index (κ1) is 31.0. The second-order valence-electron chi connectivity index (χ2n) is 12.0. The highest BCUT2D eigenvalue weighted by Crippen LogP contribution is 2.47. The second kappa shape index (κ2) is 14.2. The van der Waals surface area contributed by atoms with E-state index in [1.165, 1.54) is 51.2 Å². The summed E-state index contributed by atoms with van der Waals surface area (Å²) in [4.78, 5) is 17.0. The van der Waals surface area contributed by atoms with Crippen LogP contribution < -0.4 is 0 Å². The van der Waals surface area contributed by atoms with Crippen LogP contribution in [0.25, 0.3) is 10.9 Å². The second-order valence-corrected chi connectivity index (χ2v) is 14.0. The van der Waals surface area contributed by atoms with Crippen molar-refractivity contribution in [1.82, 2.24) is 4.98 Å². The van der Waals surface area contributed by atoms with Crippen LogP contribution in [0.1, 0.15) is 99.8 Å². The Hall–Kier alpha value is -2.50. The van der Waals surface area contributed by atoms with Gasteiger partial charge in [-0.3, -0.25) is 4.98 Å². The average molecular weight is 547 g/mol. The number of fused-ring (bicyclic) bond motifs is 1. The molecule has 1 heterocycles. The molecule has 3 aromatic rings. The predicted octanol–water partition coefficient (Wildman–Crippen LogP) is 9.07. The van der Waals surface area contributed by atoms with Crippen molar-refractivity contribution in [3.63, 3.8) is 0 Å². The van der Waals surface area contributed by atoms with Gasteiger partial charge in [0.25, 0.3) is 0 Å². The maximum Gasteiger partial charge on any atom is 0.337 e. The van der Waals surface area contributed by atoms with E-state index in [4.69, 9.17) is 14.1 Å². The van der Waals surface area contributed by atoms with Gasteiger partial charge in [0.15, 0.2) is 0 Å². The fourth-order valence-electron chi connectivity index (χ4n) is 5.51. The monoisotopic (exact) mass is 546 g/mol. The van der Waals surface area contributed by atoms with Gasteiger partial charge in [-0.1, -0.05) is 96.6 Å². The average Bonchev–Trinajstić information content (AvgIpc) is 2.91. The van der Waals surface area contributed by atoms with E-state index in [0.29, 0.717) is 5.56 Å². The van der Waals surface area contributed by atoms with Crippen molar-refractivity contribution >= 4 is 25.9 Å². The number of unbranched alkanes of at least 4 members (excludes halogenated alkanes) is 5. The van der Waals surface area contributed by atoms with Gasteiger partial charge in [-0.15, -0.1) is 0 Å². The molecular weight excluding hydrogens is 498 g/mol. The molecule has 0 amide bonds. The largest absolute Gasteiger partial charge is 0.465 e. The molecule has 0 aliphatic heterocycles. The molecule has 0 saturated heterocycles. The van der Waals surface area contributed by atoms with E-state index in [0.717, 1.165) is 41.4 Å². The lowest BCUT2D eigenvalue weighted by molar-refractivity contribution is -0.0505. The number of carbonyl (C=O) groups is 1. The molecule has 1 radical (unpaired) electrons. The zero-order valence-corrected chi connectivity index (χ0v) is 26.2. The number of benzene rings is 2. The Morgan fingerprint density at radius 1 is 0.897 bits per heavy atom. The summed E-state index contributed by atoms with van der Waals surface area (Å²) in [6.07, 6.45) is 10.3. The smallest absolute Gasteiger partial charge is 0.337 e. The first-order valence-corrected chi connectivity index (χ1v) is 17.1. The Bertz CT molecular complexity index is 1220. The molecule has 1 unspecified atom stereocenters. The van der Waals surface area contributed by atoms with Gasteiger partial charge in [-0.25, -0.2) is 4.79 Å². The SMILES string of the molecule is CCCCCCCCC(O[Si](C)C)(c1ccc2ccc(CCc3cccc(C(=O)OC)c3)nc2c1)C(C)(C)C. The summed E-state index contributed by atoms with van der Waals surface area (Å²) in [5.74, 6) is -0.303. The Labute approximate surface area is 238 Å². The third kappa shape index (κ3) is 8.25. The zero-order valence-electron chi connectivity index (χ0n) is 25.2. The van der Waals surface area contributed by atoms with Crippen LogP contribution in [0.5, 0.6) is 0 Å². The third-order valence-electron chi connectivity index (χ3n) is 7.71. The summed E-state index contributed by atoms with van der Waals surface area (Å²) in [5.41, 5.74) is 4.63. The molecule has 2 aromatic carbocycles. The third-order valence-corrected chi connectivity index (χ3v) is 8.46. The summed E-state index contributed by atoms with van der Waals surface area (Å²) in [6, 6.07) is 18.7. The zero-order chi connectivity index (χ0) is 28.5. The van der Waals surface area contributed by atoms with Gasteiger partial charge in [0.2, 0.25) is 9.04 Å². The van der Waals surface area contributed by atoms with Crippen molar-refractivity contribution in [3.8, 4) is 0 Å². The number of pyridine rings is 1. The topological polar surface area (TPSA) is 48.4 Å². The fraction of sp³-hybridized carbons (Fsp3) is 0.529. The number of aromatic nitrogens is 1. The first-order chi connectivity index (χ1) is 18.6. The van der Waals surface area contributed by atoms with Crippen molar-refractivity contribution in [1.29, 1.82) is 0 Å². The summed E-state index contributed by atoms with van der Waals surface area (Å²) < 4.78 is 11.9. The maximum atomic E-state index is 11.9. The highest BCUT2D eigenvalue weighted by Gasteiger charge is 2.44. The Kier molecular flexibility index (Phi) is 11.3. The molecule has 39 heavy (non-hydrogen) atoms. The van der Waals surface area contributed by atoms with Gasteiger partial charge in [0, 0.05) is 11.1 Å². The molecule has 0 spiro atoms. The van der Waals surface area contributed by atoms with E-state index in [9.17, 15) is 4.79 Å². The van der Waals surface area contributed by atoms with Gasteiger partial charge < -0.3 is 9.16 Å². The Balaban J connectivity index is 1.87. The predicted molar refractivity (Wildman–Crippen MR) is 165 cm³/mol. The molecular formula is C34H48NO3Si. The number of esters is 1. The van der Waals surface area contributed by atoms with Gasteiger partial charge in [0.1, 0.15) is 0 Å². The van der Waals surface area contributed by atoms with E-state index >= 15 is 0 Å². The van der Waals surface area contributed by atoms with Crippen LogP contribution in [0.3, 0.4) is 0 Å². The van der Waals surface area contributed by atoms with Gasteiger partial charge >= 0.3 is 5.97 Å². The lowest BCUT2D eigenvalue weighted by Gasteiger charge is -2.47. The van der Waals surface area contributed by atoms with Crippen LogP contribution in [-0.2, 0) is 27.6 Å². The van der Waals surface area contributed by atoms with E-state index in [1.807, 2.05) is 12.1 Å². The van der Waals surface area contributed by atoms with Crippen molar-refractivity contribution in [2.24, 2.45) is 5.41 Å². The molecule has 3 rings (SSSR count). The first-order valence-electron chi connectivity index (χ1n) is 14.7. The minimum Gasteiger partial charge on any atom is -0.465 e. The summed E-state index contributed by atoms with van der Waals surface area (Å²) in [7, 11) is 0.480. The van der Waals surface area contributed by atoms with Gasteiger partial charge in [-0.2, -0.15) is 0 Å². The molecule has 211 valence electrons. The van der Waals surface area contributed by atoms with Crippen molar-refractivity contribution in [2.75, 3.05) is 7.11 Å². The molecule has 1 atom stereocenters. The highest BCUT2D eigenvalue weighted by atomic mass is 28.3. The number of carbonyl (C=O) groups excluding carboxylic acids is 1. The molecule has 0 N–H and O–H groups in total. The lowest BCUT2D eigenvalue weighted by atomic mass is 9.69. The summed E-state index contributed by atoms with van der Waals surface area (Å²) >= 11 is 0. The molecule has 1 aromatic heterocycles. The van der Waals surface area contributed by atoms with Crippen LogP contribution in [-0.4, -0.2) is 27.1 Å². The van der Waals surface area contributed by atoms with E-state index in [2.05, 4.69) is 77.2 Å². The molecule has 5 heteroatoms. The van der Waals surface area contributed by atoms with Crippen molar-refractivity contribution in [3.05, 3.63) is 77.0 Å². The standard InChI is InChI=1S/C34H48NO3Si/c1-8-9-10-11-12-13-23-34(33(2,3)4,38-39(6)7)29-20-18-27-19-22-30(35-31(27)25-29)21-17-26-15-14-16-28(24-26)32(36)37-5/h14-16,18-20,22,24-25H,8-13,17,21,23H2,1-7H3. The van der Waals surface area contributed by atoms with E-state index in [1.54, 1.807) is 6.07 Å². The Morgan fingerprint density at radius 3 is 2.31 bits per heavy atom. The number of ether oxygens (including phenoxy) is 1. The number of rotatable bonds is 14. The molecule has 4 nitrogen and oxygen atoms in total. The summed E-state index contributed by atoms with van der Waals surface area (Å²) in [6.45, 7) is 13.7. The van der Waals surface area contributed by atoms with Crippen LogP contribution in [0.2, 0.25) is 13.1 Å². The minimum atomic E-state index is -0.935. The van der Waals surface area contributed by atoms with Crippen LogP contribution in [0, 0.1) is 5.41 Å². The fourth-order valence-corrected chi connectivity index (χ4v) is 6.74. The van der Waals surface area contributed by atoms with Crippen LogP contribution in [0.4, 0.5) is 0 Å². The van der Waals surface area contributed by atoms with Crippen molar-refractivity contribution in [2.45, 2.75) is 104 Å². The van der Waals surface area contributed by atoms with Gasteiger partial charge in [-0.05, 0) is 73.2 Å². The molecule has 0 bridgehead atoms. The maximum absolute atomic E-state index is 11.9. The molecule has 0 fully saturated rings. The van der Waals surface area contributed by atoms with Crippen molar-refractivity contribution < 1.29 is 14.0 Å². The molecule has 0 aliphatic rings. The quantitative estimate of drug-likeness (QED) is 0.115. The number of nitrogens with zero attached hydrogens (tertiary/aromatic N) is 1. The number of methoxy groups -OCH3 is 1. The number of hydrogen-bond acceptors (Lipinski definition) is 4. The molecule has 0 saturated carbocycles. The highest BCUT2D eigenvalue weighted by molar-refractivity contribution is 6.48. The minimum absolute atomic E-state index is 0.0473. The van der Waals surface area contributed by atoms with E-state index in [-0.39, 0.29) is 17.0 Å². The van der Waals surface area contributed by atoms with Crippen LogP contribution >= 0.6 is 0 Å². The normalized spacial score (nSPS) is 13.5. The van der Waals surface area contributed by atoms with E-state index < -0.39 is 9.04 Å². The lowest BCUT2D eigenvalue weighted by Crippen LogP contribution is -2.45. The number of hydrogen-bond donors (Lipinski definition) is 0. The van der Waals surface area contributed by atoms with Gasteiger partial charge in [0.05, 0.1) is 23.8 Å². The Morgan fingerprint density at radius 2 is 1.62 bits per heavy atom.